The van der Waals surface area contributed by atoms with Gasteiger partial charge in [0.15, 0.2) is 0 Å². The first-order chi connectivity index (χ1) is 15.0. The number of benzene rings is 2. The number of aliphatic hydroxyl groups excluding tert-OH is 1. The zero-order valence-electron chi connectivity index (χ0n) is 18.2. The number of ether oxygens (including phenoxy) is 2. The van der Waals surface area contributed by atoms with Crippen LogP contribution < -0.4 is 4.74 Å². The first-order valence-electron chi connectivity index (χ1n) is 10.9. The quantitative estimate of drug-likeness (QED) is 0.618. The van der Waals surface area contributed by atoms with Gasteiger partial charge in [-0.1, -0.05) is 62.7 Å². The first kappa shape index (κ1) is 22.8. The molecule has 0 aromatic heterocycles. The van der Waals surface area contributed by atoms with Gasteiger partial charge in [-0.15, -0.1) is 0 Å². The summed E-state index contributed by atoms with van der Waals surface area (Å²) in [5.74, 6) is -0.0919. The molecule has 3 rings (SSSR count). The number of imide groups is 1. The molecule has 1 unspecified atom stereocenters. The summed E-state index contributed by atoms with van der Waals surface area (Å²) in [4.78, 5) is 26.7. The van der Waals surface area contributed by atoms with Gasteiger partial charge in [0, 0.05) is 0 Å². The van der Waals surface area contributed by atoms with Gasteiger partial charge in [0.1, 0.15) is 12.4 Å². The number of nitrogens with zero attached hydrogens (tertiary/aromatic N) is 1. The van der Waals surface area contributed by atoms with E-state index in [1.165, 1.54) is 0 Å². The molecule has 1 aliphatic rings. The molecule has 0 aliphatic carbocycles. The van der Waals surface area contributed by atoms with Crippen molar-refractivity contribution in [3.8, 4) is 5.75 Å². The SMILES string of the molecule is CCCC(C)COc1ccc([C@@H](CO)C(=O)N2C(=O)OC[C@H]2Cc2ccccc2)cc1. The topological polar surface area (TPSA) is 76.1 Å². The largest absolute Gasteiger partial charge is 0.493 e. The monoisotopic (exact) mass is 425 g/mol. The normalized spacial score (nSPS) is 17.8. The van der Waals surface area contributed by atoms with Crippen molar-refractivity contribution in [1.29, 1.82) is 0 Å². The molecule has 1 heterocycles. The van der Waals surface area contributed by atoms with Gasteiger partial charge in [-0.05, 0) is 42.0 Å². The van der Waals surface area contributed by atoms with Gasteiger partial charge in [-0.25, -0.2) is 9.69 Å². The minimum atomic E-state index is -0.836. The second-order valence-corrected chi connectivity index (χ2v) is 8.14. The van der Waals surface area contributed by atoms with E-state index < -0.39 is 24.5 Å². The highest BCUT2D eigenvalue weighted by molar-refractivity contribution is 5.97. The van der Waals surface area contributed by atoms with Gasteiger partial charge in [0.2, 0.25) is 5.91 Å². The number of carbonyl (C=O) groups is 2. The van der Waals surface area contributed by atoms with E-state index in [1.54, 1.807) is 24.3 Å². The Bertz CT molecular complexity index is 852. The number of hydrogen-bond donors (Lipinski definition) is 1. The van der Waals surface area contributed by atoms with Crippen LogP contribution in [0.15, 0.2) is 54.6 Å². The molecule has 2 amide bonds. The van der Waals surface area contributed by atoms with Crippen LogP contribution in [0.5, 0.6) is 5.75 Å². The lowest BCUT2D eigenvalue weighted by atomic mass is 9.97. The Balaban J connectivity index is 1.68. The number of amides is 2. The lowest BCUT2D eigenvalue weighted by Crippen LogP contribution is -2.43. The number of cyclic esters (lactones) is 1. The van der Waals surface area contributed by atoms with Crippen molar-refractivity contribution < 1.29 is 24.2 Å². The summed E-state index contributed by atoms with van der Waals surface area (Å²) >= 11 is 0. The minimum absolute atomic E-state index is 0.153. The van der Waals surface area contributed by atoms with Crippen molar-refractivity contribution in [1.82, 2.24) is 4.90 Å². The molecule has 6 nitrogen and oxygen atoms in total. The number of rotatable bonds is 10. The van der Waals surface area contributed by atoms with Gasteiger partial charge < -0.3 is 14.6 Å². The van der Waals surface area contributed by atoms with Gasteiger partial charge in [-0.2, -0.15) is 0 Å². The third-order valence-electron chi connectivity index (χ3n) is 5.59. The molecule has 1 fully saturated rings. The van der Waals surface area contributed by atoms with Crippen LogP contribution in [0, 0.1) is 5.92 Å². The summed E-state index contributed by atoms with van der Waals surface area (Å²) in [5.41, 5.74) is 1.66. The van der Waals surface area contributed by atoms with Crippen LogP contribution in [0.2, 0.25) is 0 Å². The van der Waals surface area contributed by atoms with Crippen LogP contribution >= 0.6 is 0 Å². The van der Waals surface area contributed by atoms with E-state index in [0.29, 0.717) is 24.5 Å². The molecule has 166 valence electrons. The van der Waals surface area contributed by atoms with Gasteiger partial charge in [0.25, 0.3) is 0 Å². The van der Waals surface area contributed by atoms with E-state index in [0.717, 1.165) is 29.1 Å². The maximum absolute atomic E-state index is 13.2. The molecule has 3 atom stereocenters. The summed E-state index contributed by atoms with van der Waals surface area (Å²) in [6.45, 7) is 4.70. The van der Waals surface area contributed by atoms with Crippen molar-refractivity contribution in [2.24, 2.45) is 5.92 Å². The molecular weight excluding hydrogens is 394 g/mol. The molecule has 2 aromatic carbocycles. The molecule has 1 saturated heterocycles. The Labute approximate surface area is 183 Å². The van der Waals surface area contributed by atoms with E-state index >= 15 is 0 Å². The molecule has 0 radical (unpaired) electrons. The second kappa shape index (κ2) is 11.0. The molecule has 2 aromatic rings. The zero-order valence-corrected chi connectivity index (χ0v) is 18.2. The van der Waals surface area contributed by atoms with Crippen LogP contribution in [0.4, 0.5) is 4.79 Å². The van der Waals surface area contributed by atoms with Gasteiger partial charge in [0.05, 0.1) is 25.2 Å². The summed E-state index contributed by atoms with van der Waals surface area (Å²) < 4.78 is 11.0. The third kappa shape index (κ3) is 5.85. The Kier molecular flexibility index (Phi) is 8.06. The van der Waals surface area contributed by atoms with Crippen molar-refractivity contribution in [2.45, 2.75) is 45.1 Å². The third-order valence-corrected chi connectivity index (χ3v) is 5.59. The van der Waals surface area contributed by atoms with Crippen LogP contribution in [0.3, 0.4) is 0 Å². The number of carbonyl (C=O) groups excluding carboxylic acids is 2. The molecular formula is C25H31NO5. The summed E-state index contributed by atoms with van der Waals surface area (Å²) in [7, 11) is 0. The summed E-state index contributed by atoms with van der Waals surface area (Å²) in [5, 5.41) is 9.95. The lowest BCUT2D eigenvalue weighted by molar-refractivity contribution is -0.131. The average molecular weight is 426 g/mol. The molecule has 0 spiro atoms. The van der Waals surface area contributed by atoms with Crippen LogP contribution in [0.25, 0.3) is 0 Å². The Morgan fingerprint density at radius 1 is 1.19 bits per heavy atom. The fourth-order valence-electron chi connectivity index (χ4n) is 3.87. The van der Waals surface area contributed by atoms with E-state index in [1.807, 2.05) is 30.3 Å². The van der Waals surface area contributed by atoms with E-state index in [-0.39, 0.29) is 12.6 Å². The van der Waals surface area contributed by atoms with Crippen LogP contribution in [-0.2, 0) is 16.0 Å². The Hall–Kier alpha value is -2.86. The predicted octanol–water partition coefficient (Wildman–Crippen LogP) is 4.17. The van der Waals surface area contributed by atoms with E-state index in [9.17, 15) is 14.7 Å². The van der Waals surface area contributed by atoms with Crippen molar-refractivity contribution >= 4 is 12.0 Å². The fraction of sp³-hybridized carbons (Fsp3) is 0.440. The number of hydrogen-bond acceptors (Lipinski definition) is 5. The fourth-order valence-corrected chi connectivity index (χ4v) is 3.87. The lowest BCUT2D eigenvalue weighted by Gasteiger charge is -2.24. The molecule has 1 N–H and O–H groups in total. The maximum Gasteiger partial charge on any atom is 0.417 e. The maximum atomic E-state index is 13.2. The Morgan fingerprint density at radius 2 is 1.90 bits per heavy atom. The van der Waals surface area contributed by atoms with Crippen molar-refractivity contribution in [2.75, 3.05) is 19.8 Å². The minimum Gasteiger partial charge on any atom is -0.493 e. The summed E-state index contributed by atoms with van der Waals surface area (Å²) in [6, 6.07) is 16.4. The first-order valence-corrected chi connectivity index (χ1v) is 10.9. The van der Waals surface area contributed by atoms with Gasteiger partial charge in [-0.3, -0.25) is 4.79 Å². The van der Waals surface area contributed by atoms with Crippen LogP contribution in [-0.4, -0.2) is 47.9 Å². The molecule has 0 saturated carbocycles. The zero-order chi connectivity index (χ0) is 22.2. The highest BCUT2D eigenvalue weighted by atomic mass is 16.6. The standard InChI is InChI=1S/C25H31NO5/c1-3-7-18(2)16-30-22-12-10-20(11-13-22)23(15-27)24(28)26-21(17-31-25(26)29)14-19-8-5-4-6-9-19/h4-6,8-13,18,21,23,27H,3,7,14-17H2,1-2H3/t18?,21-,23-/m1/s1. The molecule has 6 heteroatoms. The second-order valence-electron chi connectivity index (χ2n) is 8.14. The molecule has 1 aliphatic heterocycles. The van der Waals surface area contributed by atoms with E-state index in [2.05, 4.69) is 13.8 Å². The highest BCUT2D eigenvalue weighted by Gasteiger charge is 2.41. The van der Waals surface area contributed by atoms with Crippen molar-refractivity contribution in [3.63, 3.8) is 0 Å². The number of aliphatic hydroxyl groups is 1. The average Bonchev–Trinajstić information content (AvgIpc) is 3.14. The molecule has 0 bridgehead atoms. The summed E-state index contributed by atoms with van der Waals surface area (Å²) in [6.07, 6.45) is 2.08. The van der Waals surface area contributed by atoms with Gasteiger partial charge >= 0.3 is 6.09 Å². The molecule has 31 heavy (non-hydrogen) atoms. The van der Waals surface area contributed by atoms with Crippen molar-refractivity contribution in [3.05, 3.63) is 65.7 Å². The van der Waals surface area contributed by atoms with E-state index in [4.69, 9.17) is 9.47 Å². The smallest absolute Gasteiger partial charge is 0.417 e. The van der Waals surface area contributed by atoms with Crippen LogP contribution in [0.1, 0.15) is 43.7 Å². The Morgan fingerprint density at radius 3 is 2.55 bits per heavy atom. The predicted molar refractivity (Wildman–Crippen MR) is 118 cm³/mol. The highest BCUT2D eigenvalue weighted by Crippen LogP contribution is 2.26.